The van der Waals surface area contributed by atoms with Gasteiger partial charge in [0.15, 0.2) is 0 Å². The number of amides is 2. The van der Waals surface area contributed by atoms with Crippen molar-refractivity contribution in [2.75, 3.05) is 14.2 Å². The highest BCUT2D eigenvalue weighted by Gasteiger charge is 2.15. The topological polar surface area (TPSA) is 59.6 Å². The first-order valence-corrected chi connectivity index (χ1v) is 7.48. The first-order valence-electron chi connectivity index (χ1n) is 7.48. The molecule has 5 heteroatoms. The van der Waals surface area contributed by atoms with Gasteiger partial charge in [-0.15, -0.1) is 0 Å². The van der Waals surface area contributed by atoms with Crippen molar-refractivity contribution in [3.8, 4) is 11.5 Å². The third kappa shape index (κ3) is 4.55. The highest BCUT2D eigenvalue weighted by molar-refractivity contribution is 5.74. The molecule has 2 rings (SSSR count). The monoisotopic (exact) mass is 292 g/mol. The molecule has 0 saturated heterocycles. The van der Waals surface area contributed by atoms with Crippen LogP contribution in [0.15, 0.2) is 18.2 Å². The molecule has 2 N–H and O–H groups in total. The van der Waals surface area contributed by atoms with Gasteiger partial charge >= 0.3 is 6.03 Å². The van der Waals surface area contributed by atoms with E-state index in [1.54, 1.807) is 14.2 Å². The van der Waals surface area contributed by atoms with Crippen LogP contribution in [0.25, 0.3) is 0 Å². The second-order valence-corrected chi connectivity index (χ2v) is 5.34. The Morgan fingerprint density at radius 1 is 1.19 bits per heavy atom. The van der Waals surface area contributed by atoms with Crippen molar-refractivity contribution in [1.82, 2.24) is 10.6 Å². The lowest BCUT2D eigenvalue weighted by Gasteiger charge is -2.23. The van der Waals surface area contributed by atoms with Crippen LogP contribution in [-0.4, -0.2) is 26.3 Å². The number of carbonyl (C=O) groups excluding carboxylic acids is 1. The summed E-state index contributed by atoms with van der Waals surface area (Å²) in [4.78, 5) is 11.9. The minimum Gasteiger partial charge on any atom is -0.497 e. The number of carbonyl (C=O) groups is 1. The average Bonchev–Trinajstić information content (AvgIpc) is 2.53. The number of rotatable bonds is 5. The molecule has 116 valence electrons. The maximum Gasteiger partial charge on any atom is 0.315 e. The zero-order chi connectivity index (χ0) is 15.1. The fraction of sp³-hybridized carbons (Fsp3) is 0.562. The lowest BCUT2D eigenvalue weighted by molar-refractivity contribution is 0.232. The molecule has 0 bridgehead atoms. The Labute approximate surface area is 126 Å². The van der Waals surface area contributed by atoms with Crippen LogP contribution in [0.4, 0.5) is 4.79 Å². The van der Waals surface area contributed by atoms with Crippen LogP contribution in [0, 0.1) is 0 Å². The van der Waals surface area contributed by atoms with Crippen LogP contribution in [-0.2, 0) is 6.54 Å². The van der Waals surface area contributed by atoms with Crippen molar-refractivity contribution in [3.63, 3.8) is 0 Å². The van der Waals surface area contributed by atoms with E-state index in [4.69, 9.17) is 9.47 Å². The molecule has 1 aromatic carbocycles. The number of urea groups is 1. The van der Waals surface area contributed by atoms with Crippen LogP contribution < -0.4 is 20.1 Å². The second-order valence-electron chi connectivity index (χ2n) is 5.34. The van der Waals surface area contributed by atoms with E-state index < -0.39 is 0 Å². The number of hydrogen-bond acceptors (Lipinski definition) is 3. The van der Waals surface area contributed by atoms with Crippen LogP contribution >= 0.6 is 0 Å². The average molecular weight is 292 g/mol. The first-order chi connectivity index (χ1) is 10.2. The first kappa shape index (κ1) is 15.5. The molecule has 1 fully saturated rings. The van der Waals surface area contributed by atoms with Gasteiger partial charge in [-0.25, -0.2) is 4.79 Å². The summed E-state index contributed by atoms with van der Waals surface area (Å²) in [5.74, 6) is 1.45. The zero-order valence-electron chi connectivity index (χ0n) is 12.8. The molecule has 2 amide bonds. The Bertz CT molecular complexity index is 471. The smallest absolute Gasteiger partial charge is 0.315 e. The Morgan fingerprint density at radius 2 is 1.95 bits per heavy atom. The SMILES string of the molecule is COc1ccc(CNC(=O)NC2CCCCC2)c(OC)c1. The number of benzene rings is 1. The summed E-state index contributed by atoms with van der Waals surface area (Å²) in [5.41, 5.74) is 0.928. The van der Waals surface area contributed by atoms with Gasteiger partial charge in [0.2, 0.25) is 0 Å². The van der Waals surface area contributed by atoms with E-state index in [1.807, 2.05) is 18.2 Å². The second kappa shape index (κ2) is 7.76. The molecule has 0 spiro atoms. The summed E-state index contributed by atoms with van der Waals surface area (Å²) >= 11 is 0. The molecular formula is C16H24N2O3. The number of methoxy groups -OCH3 is 2. The molecule has 5 nitrogen and oxygen atoms in total. The fourth-order valence-electron chi connectivity index (χ4n) is 2.66. The molecule has 0 radical (unpaired) electrons. The van der Waals surface area contributed by atoms with Crippen LogP contribution in [0.5, 0.6) is 11.5 Å². The van der Waals surface area contributed by atoms with E-state index >= 15 is 0 Å². The van der Waals surface area contributed by atoms with E-state index in [0.717, 1.165) is 24.2 Å². The molecule has 1 aromatic rings. The van der Waals surface area contributed by atoms with Gasteiger partial charge in [-0.1, -0.05) is 19.3 Å². The summed E-state index contributed by atoms with van der Waals surface area (Å²) in [6.07, 6.45) is 5.86. The summed E-state index contributed by atoms with van der Waals surface area (Å²) in [6, 6.07) is 5.78. The molecule has 21 heavy (non-hydrogen) atoms. The standard InChI is InChI=1S/C16H24N2O3/c1-20-14-9-8-12(15(10-14)21-2)11-17-16(19)18-13-6-4-3-5-7-13/h8-10,13H,3-7,11H2,1-2H3,(H2,17,18,19). The maximum absolute atomic E-state index is 11.9. The molecule has 0 aromatic heterocycles. The molecule has 0 atom stereocenters. The predicted octanol–water partition coefficient (Wildman–Crippen LogP) is 2.84. The van der Waals surface area contributed by atoms with Crippen LogP contribution in [0.1, 0.15) is 37.7 Å². The molecule has 1 saturated carbocycles. The van der Waals surface area contributed by atoms with Gasteiger partial charge in [0.25, 0.3) is 0 Å². The van der Waals surface area contributed by atoms with Gasteiger partial charge in [0.05, 0.1) is 14.2 Å². The van der Waals surface area contributed by atoms with E-state index in [2.05, 4.69) is 10.6 Å². The van der Waals surface area contributed by atoms with Gasteiger partial charge in [0.1, 0.15) is 11.5 Å². The van der Waals surface area contributed by atoms with E-state index in [1.165, 1.54) is 19.3 Å². The Hall–Kier alpha value is -1.91. The fourth-order valence-corrected chi connectivity index (χ4v) is 2.66. The van der Waals surface area contributed by atoms with E-state index in [9.17, 15) is 4.79 Å². The molecular weight excluding hydrogens is 268 g/mol. The van der Waals surface area contributed by atoms with Gasteiger partial charge < -0.3 is 20.1 Å². The normalized spacial score (nSPS) is 15.3. The Kier molecular flexibility index (Phi) is 5.72. The highest BCUT2D eigenvalue weighted by atomic mass is 16.5. The molecule has 0 aliphatic heterocycles. The molecule has 0 heterocycles. The number of ether oxygens (including phenoxy) is 2. The van der Waals surface area contributed by atoms with Crippen molar-refractivity contribution in [3.05, 3.63) is 23.8 Å². The summed E-state index contributed by atoms with van der Waals surface area (Å²) in [6.45, 7) is 0.436. The van der Waals surface area contributed by atoms with Crippen molar-refractivity contribution >= 4 is 6.03 Å². The highest BCUT2D eigenvalue weighted by Crippen LogP contribution is 2.24. The lowest BCUT2D eigenvalue weighted by atomic mass is 9.96. The van der Waals surface area contributed by atoms with Crippen molar-refractivity contribution < 1.29 is 14.3 Å². The third-order valence-corrected chi connectivity index (χ3v) is 3.87. The maximum atomic E-state index is 11.9. The minimum absolute atomic E-state index is 0.111. The largest absolute Gasteiger partial charge is 0.497 e. The van der Waals surface area contributed by atoms with Crippen molar-refractivity contribution in [1.29, 1.82) is 0 Å². The predicted molar refractivity (Wildman–Crippen MR) is 81.8 cm³/mol. The van der Waals surface area contributed by atoms with Crippen LogP contribution in [0.2, 0.25) is 0 Å². The quantitative estimate of drug-likeness (QED) is 0.877. The van der Waals surface area contributed by atoms with Gasteiger partial charge in [-0.05, 0) is 25.0 Å². The van der Waals surface area contributed by atoms with Crippen molar-refractivity contribution in [2.24, 2.45) is 0 Å². The molecule has 1 aliphatic rings. The van der Waals surface area contributed by atoms with Crippen molar-refractivity contribution in [2.45, 2.75) is 44.7 Å². The minimum atomic E-state index is -0.111. The lowest BCUT2D eigenvalue weighted by Crippen LogP contribution is -2.42. The third-order valence-electron chi connectivity index (χ3n) is 3.87. The molecule has 0 unspecified atom stereocenters. The van der Waals surface area contributed by atoms with E-state index in [-0.39, 0.29) is 6.03 Å². The zero-order valence-corrected chi connectivity index (χ0v) is 12.8. The van der Waals surface area contributed by atoms with Gasteiger partial charge in [0, 0.05) is 24.2 Å². The Balaban J connectivity index is 1.85. The Morgan fingerprint density at radius 3 is 2.62 bits per heavy atom. The molecule has 1 aliphatic carbocycles. The summed E-state index contributed by atoms with van der Waals surface area (Å²) in [5, 5.41) is 5.92. The van der Waals surface area contributed by atoms with Gasteiger partial charge in [-0.3, -0.25) is 0 Å². The number of hydrogen-bond donors (Lipinski definition) is 2. The van der Waals surface area contributed by atoms with E-state index in [0.29, 0.717) is 18.3 Å². The van der Waals surface area contributed by atoms with Gasteiger partial charge in [-0.2, -0.15) is 0 Å². The van der Waals surface area contributed by atoms with Crippen LogP contribution in [0.3, 0.4) is 0 Å². The number of nitrogens with one attached hydrogen (secondary N) is 2. The summed E-state index contributed by atoms with van der Waals surface area (Å²) < 4.78 is 10.5. The summed E-state index contributed by atoms with van der Waals surface area (Å²) in [7, 11) is 3.23.